The summed E-state index contributed by atoms with van der Waals surface area (Å²) < 4.78 is 22.7. The Bertz CT molecular complexity index is 481. The van der Waals surface area contributed by atoms with Gasteiger partial charge in [-0.1, -0.05) is 15.9 Å². The topological polar surface area (TPSA) is 47.6 Å². The van der Waals surface area contributed by atoms with Crippen molar-refractivity contribution in [1.82, 2.24) is 5.32 Å². The third-order valence-electron chi connectivity index (χ3n) is 3.02. The predicted molar refractivity (Wildman–Crippen MR) is 80.1 cm³/mol. The molecular weight excluding hydrogens is 330 g/mol. The highest BCUT2D eigenvalue weighted by molar-refractivity contribution is 9.10. The molecule has 0 bridgehead atoms. The highest BCUT2D eigenvalue weighted by Crippen LogP contribution is 2.36. The van der Waals surface area contributed by atoms with Crippen molar-refractivity contribution >= 4 is 26.7 Å². The van der Waals surface area contributed by atoms with Crippen LogP contribution in [0.15, 0.2) is 16.6 Å². The van der Waals surface area contributed by atoms with Gasteiger partial charge in [0.05, 0.1) is 0 Å². The molecule has 0 amide bonds. The molecule has 1 N–H and O–H groups in total. The summed E-state index contributed by atoms with van der Waals surface area (Å²) in [6, 6.07) is 4.26. The van der Waals surface area contributed by atoms with Gasteiger partial charge < -0.3 is 14.8 Å². The lowest BCUT2D eigenvalue weighted by Crippen LogP contribution is -2.27. The summed E-state index contributed by atoms with van der Waals surface area (Å²) in [4.78, 5) is 0. The van der Waals surface area contributed by atoms with Gasteiger partial charge >= 0.3 is 0 Å². The van der Waals surface area contributed by atoms with Gasteiger partial charge in [0.25, 0.3) is 0 Å². The Labute approximate surface area is 124 Å². The van der Waals surface area contributed by atoms with E-state index < -0.39 is 10.8 Å². The minimum absolute atomic E-state index is 0.289. The number of nitrogens with one attached hydrogen (secondary N) is 1. The summed E-state index contributed by atoms with van der Waals surface area (Å²) in [5.41, 5.74) is 1.13. The molecule has 0 saturated heterocycles. The van der Waals surface area contributed by atoms with Crippen molar-refractivity contribution in [3.8, 4) is 11.5 Å². The monoisotopic (exact) mass is 347 g/mol. The SMILES string of the molecule is CC(CCS(C)=O)NCc1cc2c(cc1Br)OCO2. The van der Waals surface area contributed by atoms with Crippen molar-refractivity contribution in [3.63, 3.8) is 0 Å². The minimum atomic E-state index is -0.724. The second kappa shape index (κ2) is 6.72. The summed E-state index contributed by atoms with van der Waals surface area (Å²) in [6.07, 6.45) is 2.65. The van der Waals surface area contributed by atoms with Crippen molar-refractivity contribution in [2.75, 3.05) is 18.8 Å². The largest absolute Gasteiger partial charge is 0.454 e. The van der Waals surface area contributed by atoms with Crippen LogP contribution >= 0.6 is 15.9 Å². The summed E-state index contributed by atoms with van der Waals surface area (Å²) in [7, 11) is -0.724. The fourth-order valence-electron chi connectivity index (χ4n) is 1.82. The van der Waals surface area contributed by atoms with Gasteiger partial charge in [0.1, 0.15) is 0 Å². The second-order valence-corrected chi connectivity index (χ2v) is 7.05. The molecule has 2 atom stereocenters. The Balaban J connectivity index is 1.91. The van der Waals surface area contributed by atoms with E-state index in [1.165, 1.54) is 0 Å². The summed E-state index contributed by atoms with van der Waals surface area (Å²) in [5, 5.41) is 3.43. The van der Waals surface area contributed by atoms with Gasteiger partial charge in [0.15, 0.2) is 11.5 Å². The smallest absolute Gasteiger partial charge is 0.231 e. The fourth-order valence-corrected chi connectivity index (χ4v) is 2.97. The Hall–Kier alpha value is -0.590. The van der Waals surface area contributed by atoms with Crippen LogP contribution in [0.25, 0.3) is 0 Å². The normalized spacial score (nSPS) is 16.4. The summed E-state index contributed by atoms with van der Waals surface area (Å²) in [6.45, 7) is 3.14. The number of fused-ring (bicyclic) bond motifs is 1. The number of halogens is 1. The lowest BCUT2D eigenvalue weighted by atomic mass is 10.2. The molecule has 0 aromatic heterocycles. The van der Waals surface area contributed by atoms with Crippen LogP contribution in [0.4, 0.5) is 0 Å². The maximum absolute atomic E-state index is 11.0. The molecule has 0 aliphatic carbocycles. The van der Waals surface area contributed by atoms with Gasteiger partial charge in [0, 0.05) is 39.9 Å². The molecule has 1 heterocycles. The first kappa shape index (κ1) is 14.8. The van der Waals surface area contributed by atoms with Crippen molar-refractivity contribution in [2.24, 2.45) is 0 Å². The lowest BCUT2D eigenvalue weighted by molar-refractivity contribution is 0.174. The van der Waals surface area contributed by atoms with E-state index in [1.54, 1.807) is 6.26 Å². The van der Waals surface area contributed by atoms with Gasteiger partial charge in [0.2, 0.25) is 6.79 Å². The molecule has 1 aromatic rings. The zero-order chi connectivity index (χ0) is 13.8. The molecule has 0 spiro atoms. The standard InChI is InChI=1S/C13H18BrNO3S/c1-9(3-4-19(2)16)15-7-10-5-12-13(6-11(10)14)18-8-17-12/h5-6,9,15H,3-4,7-8H2,1-2H3. The Kier molecular flexibility index (Phi) is 5.24. The highest BCUT2D eigenvalue weighted by Gasteiger charge is 2.16. The first-order chi connectivity index (χ1) is 9.06. The van der Waals surface area contributed by atoms with E-state index in [-0.39, 0.29) is 6.79 Å². The predicted octanol–water partition coefficient (Wildman–Crippen LogP) is 2.42. The van der Waals surface area contributed by atoms with Crippen LogP contribution in [0.3, 0.4) is 0 Å². The van der Waals surface area contributed by atoms with E-state index in [4.69, 9.17) is 9.47 Å². The molecule has 0 radical (unpaired) electrons. The number of ether oxygens (including phenoxy) is 2. The minimum Gasteiger partial charge on any atom is -0.454 e. The second-order valence-electron chi connectivity index (χ2n) is 4.64. The molecule has 0 saturated carbocycles. The van der Waals surface area contributed by atoms with E-state index in [1.807, 2.05) is 12.1 Å². The van der Waals surface area contributed by atoms with Crippen LogP contribution in [0.5, 0.6) is 11.5 Å². The van der Waals surface area contributed by atoms with Crippen LogP contribution in [-0.2, 0) is 17.3 Å². The number of hydrogen-bond acceptors (Lipinski definition) is 4. The van der Waals surface area contributed by atoms with Crippen molar-refractivity contribution in [1.29, 1.82) is 0 Å². The number of rotatable bonds is 6. The quantitative estimate of drug-likeness (QED) is 0.858. The first-order valence-electron chi connectivity index (χ1n) is 6.17. The fraction of sp³-hybridized carbons (Fsp3) is 0.538. The number of hydrogen-bond donors (Lipinski definition) is 1. The van der Waals surface area contributed by atoms with E-state index in [0.29, 0.717) is 6.04 Å². The molecule has 1 aliphatic rings. The maximum atomic E-state index is 11.0. The summed E-state index contributed by atoms with van der Waals surface area (Å²) in [5.74, 6) is 2.31. The van der Waals surface area contributed by atoms with E-state index >= 15 is 0 Å². The van der Waals surface area contributed by atoms with Gasteiger partial charge in [-0.2, -0.15) is 0 Å². The van der Waals surface area contributed by atoms with Crippen molar-refractivity contribution in [3.05, 3.63) is 22.2 Å². The van der Waals surface area contributed by atoms with Gasteiger partial charge in [-0.15, -0.1) is 0 Å². The molecule has 19 heavy (non-hydrogen) atoms. The highest BCUT2D eigenvalue weighted by atomic mass is 79.9. The molecule has 0 fully saturated rings. The zero-order valence-corrected chi connectivity index (χ0v) is 13.5. The van der Waals surface area contributed by atoms with Crippen molar-refractivity contribution < 1.29 is 13.7 Å². The Morgan fingerprint density at radius 3 is 2.79 bits per heavy atom. The van der Waals surface area contributed by atoms with E-state index in [9.17, 15) is 4.21 Å². The zero-order valence-electron chi connectivity index (χ0n) is 11.1. The maximum Gasteiger partial charge on any atom is 0.231 e. The molecular formula is C13H18BrNO3S. The molecule has 1 aliphatic heterocycles. The number of benzene rings is 1. The van der Waals surface area contributed by atoms with Gasteiger partial charge in [-0.25, -0.2) is 0 Å². The van der Waals surface area contributed by atoms with Crippen LogP contribution < -0.4 is 14.8 Å². The molecule has 2 unspecified atom stereocenters. The van der Waals surface area contributed by atoms with E-state index in [2.05, 4.69) is 28.2 Å². The van der Waals surface area contributed by atoms with Crippen molar-refractivity contribution in [2.45, 2.75) is 25.9 Å². The third-order valence-corrected chi connectivity index (χ3v) is 4.57. The summed E-state index contributed by atoms with van der Waals surface area (Å²) >= 11 is 3.54. The average Bonchev–Trinajstić information content (AvgIpc) is 2.80. The Morgan fingerprint density at radius 2 is 2.11 bits per heavy atom. The van der Waals surface area contributed by atoms with Gasteiger partial charge in [-0.3, -0.25) is 4.21 Å². The van der Waals surface area contributed by atoms with Crippen LogP contribution in [-0.4, -0.2) is 29.1 Å². The third kappa shape index (κ3) is 4.19. The van der Waals surface area contributed by atoms with Crippen LogP contribution in [0.2, 0.25) is 0 Å². The first-order valence-corrected chi connectivity index (χ1v) is 8.69. The van der Waals surface area contributed by atoms with E-state index in [0.717, 1.165) is 40.3 Å². The lowest BCUT2D eigenvalue weighted by Gasteiger charge is -2.14. The Morgan fingerprint density at radius 1 is 1.42 bits per heavy atom. The van der Waals surface area contributed by atoms with Crippen LogP contribution in [0.1, 0.15) is 18.9 Å². The van der Waals surface area contributed by atoms with Crippen LogP contribution in [0, 0.1) is 0 Å². The molecule has 106 valence electrons. The average molecular weight is 348 g/mol. The van der Waals surface area contributed by atoms with Gasteiger partial charge in [-0.05, 0) is 31.0 Å². The molecule has 2 rings (SSSR count). The molecule has 1 aromatic carbocycles. The molecule has 6 heteroatoms. The molecule has 4 nitrogen and oxygen atoms in total.